The highest BCUT2D eigenvalue weighted by atomic mass is 16.5. The van der Waals surface area contributed by atoms with Crippen LogP contribution in [0.15, 0.2) is 12.3 Å². The minimum atomic E-state index is 0.0312. The Morgan fingerprint density at radius 1 is 1.61 bits per heavy atom. The summed E-state index contributed by atoms with van der Waals surface area (Å²) in [7, 11) is 1.66. The molecule has 2 atom stereocenters. The lowest BCUT2D eigenvalue weighted by Gasteiger charge is -2.28. The third kappa shape index (κ3) is 2.90. The molecule has 5 heteroatoms. The molecule has 1 N–H and O–H groups in total. The first kappa shape index (κ1) is 13.1. The first-order valence-corrected chi connectivity index (χ1v) is 6.51. The molecule has 0 aromatic carbocycles. The molecule has 1 heterocycles. The van der Waals surface area contributed by atoms with Gasteiger partial charge in [-0.05, 0) is 31.2 Å². The smallest absolute Gasteiger partial charge is 0.272 e. The fourth-order valence-electron chi connectivity index (χ4n) is 2.63. The van der Waals surface area contributed by atoms with Gasteiger partial charge in [0.25, 0.3) is 5.91 Å². The number of carbonyl (C=O) groups excluding carboxylic acids is 1. The summed E-state index contributed by atoms with van der Waals surface area (Å²) < 4.78 is 5.11. The molecule has 1 aliphatic rings. The van der Waals surface area contributed by atoms with Crippen LogP contribution < -0.4 is 0 Å². The fraction of sp³-hybridized carbons (Fsp3) is 0.692. The van der Waals surface area contributed by atoms with Gasteiger partial charge in [-0.1, -0.05) is 6.92 Å². The van der Waals surface area contributed by atoms with Gasteiger partial charge in [-0.25, -0.2) is 0 Å². The number of nitrogens with one attached hydrogen (secondary N) is 1. The summed E-state index contributed by atoms with van der Waals surface area (Å²) in [5, 5.41) is 6.59. The number of nitrogens with zero attached hydrogens (tertiary/aromatic N) is 2. The predicted molar refractivity (Wildman–Crippen MR) is 68.3 cm³/mol. The Bertz CT molecular complexity index is 378. The quantitative estimate of drug-likeness (QED) is 0.866. The molecule has 0 bridgehead atoms. The van der Waals surface area contributed by atoms with Crippen molar-refractivity contribution in [2.24, 2.45) is 5.92 Å². The summed E-state index contributed by atoms with van der Waals surface area (Å²) in [6.07, 6.45) is 4.98. The molecular formula is C13H21N3O2. The van der Waals surface area contributed by atoms with E-state index in [0.29, 0.717) is 30.8 Å². The molecule has 0 spiro atoms. The van der Waals surface area contributed by atoms with Gasteiger partial charge in [-0.3, -0.25) is 9.89 Å². The molecule has 100 valence electrons. The molecular weight excluding hydrogens is 230 g/mol. The molecule has 1 aromatic rings. The molecule has 5 nitrogen and oxygen atoms in total. The summed E-state index contributed by atoms with van der Waals surface area (Å²) in [6.45, 7) is 3.46. The number of hydrogen-bond acceptors (Lipinski definition) is 3. The number of hydrogen-bond donors (Lipinski definition) is 1. The number of carbonyl (C=O) groups is 1. The summed E-state index contributed by atoms with van der Waals surface area (Å²) in [5.41, 5.74) is 0.561. The molecule has 0 radical (unpaired) electrons. The third-order valence-electron chi connectivity index (χ3n) is 3.64. The van der Waals surface area contributed by atoms with E-state index < -0.39 is 0 Å². The second kappa shape index (κ2) is 6.00. The van der Waals surface area contributed by atoms with Crippen molar-refractivity contribution in [2.75, 3.05) is 20.3 Å². The van der Waals surface area contributed by atoms with Gasteiger partial charge in [0.05, 0.1) is 6.61 Å². The van der Waals surface area contributed by atoms with Crippen molar-refractivity contribution in [3.8, 4) is 0 Å². The highest BCUT2D eigenvalue weighted by Gasteiger charge is 2.30. The van der Waals surface area contributed by atoms with Gasteiger partial charge in [-0.2, -0.15) is 5.10 Å². The lowest BCUT2D eigenvalue weighted by atomic mass is 10.1. The normalized spacial score (nSPS) is 23.2. The van der Waals surface area contributed by atoms with E-state index in [-0.39, 0.29) is 5.91 Å². The number of aromatic nitrogens is 2. The van der Waals surface area contributed by atoms with Crippen LogP contribution in [-0.4, -0.2) is 47.3 Å². The van der Waals surface area contributed by atoms with E-state index in [1.165, 1.54) is 6.42 Å². The van der Waals surface area contributed by atoms with E-state index in [4.69, 9.17) is 4.74 Å². The second-order valence-corrected chi connectivity index (χ2v) is 5.03. The van der Waals surface area contributed by atoms with E-state index in [1.807, 2.05) is 4.90 Å². The van der Waals surface area contributed by atoms with Crippen molar-refractivity contribution in [1.82, 2.24) is 15.1 Å². The van der Waals surface area contributed by atoms with Crippen molar-refractivity contribution < 1.29 is 9.53 Å². The summed E-state index contributed by atoms with van der Waals surface area (Å²) in [4.78, 5) is 14.3. The molecule has 0 unspecified atom stereocenters. The fourth-order valence-corrected chi connectivity index (χ4v) is 2.63. The zero-order valence-corrected chi connectivity index (χ0v) is 11.1. The van der Waals surface area contributed by atoms with Crippen LogP contribution in [0.1, 0.15) is 36.7 Å². The van der Waals surface area contributed by atoms with E-state index in [0.717, 1.165) is 12.8 Å². The van der Waals surface area contributed by atoms with Gasteiger partial charge < -0.3 is 9.64 Å². The van der Waals surface area contributed by atoms with Crippen LogP contribution in [0.2, 0.25) is 0 Å². The predicted octanol–water partition coefficient (Wildman–Crippen LogP) is 1.69. The third-order valence-corrected chi connectivity index (χ3v) is 3.64. The largest absolute Gasteiger partial charge is 0.383 e. The summed E-state index contributed by atoms with van der Waals surface area (Å²) >= 11 is 0. The molecule has 1 fully saturated rings. The molecule has 1 saturated carbocycles. The van der Waals surface area contributed by atoms with E-state index in [2.05, 4.69) is 17.1 Å². The molecule has 1 aliphatic carbocycles. The van der Waals surface area contributed by atoms with Crippen molar-refractivity contribution in [3.63, 3.8) is 0 Å². The summed E-state index contributed by atoms with van der Waals surface area (Å²) in [6, 6.07) is 2.06. The van der Waals surface area contributed by atoms with Crippen LogP contribution in [0.4, 0.5) is 0 Å². The molecule has 18 heavy (non-hydrogen) atoms. The first-order valence-electron chi connectivity index (χ1n) is 6.51. The zero-order chi connectivity index (χ0) is 13.0. The SMILES string of the molecule is COCCN(C(=O)c1ccn[nH]1)[C@H]1CC[C@@H](C)C1. The molecule has 2 rings (SSSR count). The Morgan fingerprint density at radius 2 is 2.44 bits per heavy atom. The maximum absolute atomic E-state index is 12.4. The van der Waals surface area contributed by atoms with Crippen LogP contribution in [0.3, 0.4) is 0 Å². The maximum atomic E-state index is 12.4. The number of methoxy groups -OCH3 is 1. The number of rotatable bonds is 5. The zero-order valence-electron chi connectivity index (χ0n) is 11.1. The number of ether oxygens (including phenoxy) is 1. The van der Waals surface area contributed by atoms with Crippen molar-refractivity contribution in [1.29, 1.82) is 0 Å². The van der Waals surface area contributed by atoms with Crippen LogP contribution in [0.25, 0.3) is 0 Å². The van der Waals surface area contributed by atoms with E-state index in [9.17, 15) is 4.79 Å². The van der Waals surface area contributed by atoms with Crippen molar-refractivity contribution in [3.05, 3.63) is 18.0 Å². The van der Waals surface area contributed by atoms with Gasteiger partial charge in [0.15, 0.2) is 0 Å². The van der Waals surface area contributed by atoms with E-state index >= 15 is 0 Å². The lowest BCUT2D eigenvalue weighted by Crippen LogP contribution is -2.41. The number of amides is 1. The average molecular weight is 251 g/mol. The average Bonchev–Trinajstić information content (AvgIpc) is 3.00. The van der Waals surface area contributed by atoms with Gasteiger partial charge in [0.2, 0.25) is 0 Å². The van der Waals surface area contributed by atoms with Crippen molar-refractivity contribution in [2.45, 2.75) is 32.2 Å². The molecule has 1 aromatic heterocycles. The monoisotopic (exact) mass is 251 g/mol. The second-order valence-electron chi connectivity index (χ2n) is 5.03. The Hall–Kier alpha value is -1.36. The van der Waals surface area contributed by atoms with Gasteiger partial charge in [0.1, 0.15) is 5.69 Å². The minimum Gasteiger partial charge on any atom is -0.383 e. The number of H-pyrrole nitrogens is 1. The Labute approximate surface area is 108 Å². The first-order chi connectivity index (χ1) is 8.72. The maximum Gasteiger partial charge on any atom is 0.272 e. The molecule has 0 saturated heterocycles. The van der Waals surface area contributed by atoms with Gasteiger partial charge in [-0.15, -0.1) is 0 Å². The molecule has 0 aliphatic heterocycles. The standard InChI is InChI=1S/C13H21N3O2/c1-10-3-4-11(9-10)16(7-8-18-2)13(17)12-5-6-14-15-12/h5-6,10-11H,3-4,7-9H2,1-2H3,(H,14,15)/t10-,11+/m1/s1. The van der Waals surface area contributed by atoms with Gasteiger partial charge >= 0.3 is 0 Å². The van der Waals surface area contributed by atoms with Crippen LogP contribution in [0, 0.1) is 5.92 Å². The van der Waals surface area contributed by atoms with Crippen LogP contribution in [-0.2, 0) is 4.74 Å². The highest BCUT2D eigenvalue weighted by Crippen LogP contribution is 2.29. The van der Waals surface area contributed by atoms with Crippen LogP contribution >= 0.6 is 0 Å². The minimum absolute atomic E-state index is 0.0312. The van der Waals surface area contributed by atoms with Crippen molar-refractivity contribution >= 4 is 5.91 Å². The number of aromatic amines is 1. The van der Waals surface area contributed by atoms with Crippen LogP contribution in [0.5, 0.6) is 0 Å². The Morgan fingerprint density at radius 3 is 3.00 bits per heavy atom. The Kier molecular flexibility index (Phi) is 4.36. The lowest BCUT2D eigenvalue weighted by molar-refractivity contribution is 0.0596. The van der Waals surface area contributed by atoms with Gasteiger partial charge in [0, 0.05) is 25.9 Å². The summed E-state index contributed by atoms with van der Waals surface area (Å²) in [5.74, 6) is 0.735. The topological polar surface area (TPSA) is 58.2 Å². The Balaban J connectivity index is 2.07. The van der Waals surface area contributed by atoms with E-state index in [1.54, 1.807) is 19.4 Å². The molecule has 1 amide bonds. The highest BCUT2D eigenvalue weighted by molar-refractivity contribution is 5.92.